The van der Waals surface area contributed by atoms with Crippen LogP contribution >= 0.6 is 0 Å². The minimum Gasteiger partial charge on any atom is -0.275 e. The average Bonchev–Trinajstić information content (AvgIpc) is 2.91. The van der Waals surface area contributed by atoms with Crippen LogP contribution in [0.2, 0.25) is 0 Å². The van der Waals surface area contributed by atoms with Crippen LogP contribution in [0.15, 0.2) is 46.5 Å². The highest BCUT2D eigenvalue weighted by Crippen LogP contribution is 2.20. The Labute approximate surface area is 129 Å². The number of benzene rings is 1. The fourth-order valence-corrected chi connectivity index (χ4v) is 4.39. The van der Waals surface area contributed by atoms with E-state index < -0.39 is 20.0 Å². The Bertz CT molecular complexity index is 872. The Morgan fingerprint density at radius 3 is 2.18 bits per heavy atom. The molecule has 120 valence electrons. The standard InChI is InChI=1S/C12H16N4O4S2/c1-13-21(17,18)11-5-3-4-6-12(11)22(19,20)15-8-10-7-14-16(2)9-10/h3-7,9,13,15H,8H2,1-2H3. The third-order valence-corrected chi connectivity index (χ3v) is 5.98. The SMILES string of the molecule is CNS(=O)(=O)c1ccccc1S(=O)(=O)NCc1cnn(C)c1. The van der Waals surface area contributed by atoms with Crippen molar-refractivity contribution in [2.45, 2.75) is 16.3 Å². The lowest BCUT2D eigenvalue weighted by Gasteiger charge is -2.11. The molecule has 22 heavy (non-hydrogen) atoms. The molecule has 1 aromatic carbocycles. The largest absolute Gasteiger partial charge is 0.275 e. The lowest BCUT2D eigenvalue weighted by atomic mass is 10.4. The molecule has 0 aliphatic carbocycles. The van der Waals surface area contributed by atoms with E-state index in [-0.39, 0.29) is 16.3 Å². The molecule has 0 spiro atoms. The first-order valence-corrected chi connectivity index (χ1v) is 9.22. The van der Waals surface area contributed by atoms with Gasteiger partial charge in [0.2, 0.25) is 20.0 Å². The number of nitrogens with zero attached hydrogens (tertiary/aromatic N) is 2. The van der Waals surface area contributed by atoms with E-state index in [9.17, 15) is 16.8 Å². The number of aryl methyl sites for hydroxylation is 1. The van der Waals surface area contributed by atoms with Crippen LogP contribution in [0.3, 0.4) is 0 Å². The molecule has 0 unspecified atom stereocenters. The maximum Gasteiger partial charge on any atom is 0.242 e. The molecule has 0 bridgehead atoms. The normalized spacial score (nSPS) is 12.5. The van der Waals surface area contributed by atoms with Crippen LogP contribution in [-0.2, 0) is 33.6 Å². The Balaban J connectivity index is 2.34. The van der Waals surface area contributed by atoms with Gasteiger partial charge in [0.1, 0.15) is 9.79 Å². The van der Waals surface area contributed by atoms with Crippen LogP contribution in [0.5, 0.6) is 0 Å². The van der Waals surface area contributed by atoms with Gasteiger partial charge in [-0.3, -0.25) is 4.68 Å². The maximum atomic E-state index is 12.4. The lowest BCUT2D eigenvalue weighted by Crippen LogP contribution is -2.27. The van der Waals surface area contributed by atoms with E-state index in [4.69, 9.17) is 0 Å². The highest BCUT2D eigenvalue weighted by Gasteiger charge is 2.25. The van der Waals surface area contributed by atoms with Gasteiger partial charge in [0, 0.05) is 25.4 Å². The van der Waals surface area contributed by atoms with Crippen molar-refractivity contribution in [2.75, 3.05) is 7.05 Å². The summed E-state index contributed by atoms with van der Waals surface area (Å²) in [7, 11) is -4.92. The molecule has 8 nitrogen and oxygen atoms in total. The monoisotopic (exact) mass is 344 g/mol. The van der Waals surface area contributed by atoms with Gasteiger partial charge >= 0.3 is 0 Å². The van der Waals surface area contributed by atoms with Crippen molar-refractivity contribution in [3.8, 4) is 0 Å². The number of rotatable bonds is 6. The summed E-state index contributed by atoms with van der Waals surface area (Å²) < 4.78 is 54.6. The van der Waals surface area contributed by atoms with E-state index in [1.165, 1.54) is 37.5 Å². The van der Waals surface area contributed by atoms with Crippen LogP contribution in [0, 0.1) is 0 Å². The van der Waals surface area contributed by atoms with Gasteiger partial charge in [0.15, 0.2) is 0 Å². The number of hydrogen-bond acceptors (Lipinski definition) is 5. The second-order valence-corrected chi connectivity index (χ2v) is 8.09. The molecular weight excluding hydrogens is 328 g/mol. The van der Waals surface area contributed by atoms with E-state index in [2.05, 4.69) is 14.5 Å². The molecule has 2 rings (SSSR count). The topological polar surface area (TPSA) is 110 Å². The average molecular weight is 344 g/mol. The summed E-state index contributed by atoms with van der Waals surface area (Å²) >= 11 is 0. The minimum atomic E-state index is -3.98. The summed E-state index contributed by atoms with van der Waals surface area (Å²) in [5, 5.41) is 3.94. The van der Waals surface area contributed by atoms with Crippen molar-refractivity contribution in [3.63, 3.8) is 0 Å². The number of sulfonamides is 2. The van der Waals surface area contributed by atoms with Gasteiger partial charge in [0.25, 0.3) is 0 Å². The van der Waals surface area contributed by atoms with Gasteiger partial charge in [-0.15, -0.1) is 0 Å². The predicted molar refractivity (Wildman–Crippen MR) is 79.9 cm³/mol. The number of nitrogens with one attached hydrogen (secondary N) is 2. The van der Waals surface area contributed by atoms with Crippen molar-refractivity contribution in [1.82, 2.24) is 19.2 Å². The smallest absolute Gasteiger partial charge is 0.242 e. The third kappa shape index (κ3) is 3.53. The van der Waals surface area contributed by atoms with Gasteiger partial charge < -0.3 is 0 Å². The first-order chi connectivity index (χ1) is 10.3. The Kier molecular flexibility index (Phi) is 4.66. The molecule has 2 N–H and O–H groups in total. The molecule has 0 aliphatic heterocycles. The predicted octanol–water partition coefficient (Wildman–Crippen LogP) is -0.193. The molecule has 0 aliphatic rings. The fraction of sp³-hybridized carbons (Fsp3) is 0.250. The number of hydrogen-bond donors (Lipinski definition) is 2. The molecule has 1 aromatic heterocycles. The first kappa shape index (κ1) is 16.6. The molecule has 0 fully saturated rings. The Morgan fingerprint density at radius 1 is 1.09 bits per heavy atom. The van der Waals surface area contributed by atoms with Gasteiger partial charge in [-0.1, -0.05) is 12.1 Å². The fourth-order valence-electron chi connectivity index (χ4n) is 1.82. The molecular formula is C12H16N4O4S2. The van der Waals surface area contributed by atoms with Gasteiger partial charge in [-0.25, -0.2) is 26.3 Å². The summed E-state index contributed by atoms with van der Waals surface area (Å²) in [6, 6.07) is 5.41. The van der Waals surface area contributed by atoms with E-state index in [0.29, 0.717) is 5.56 Å². The molecule has 2 aromatic rings. The molecule has 0 radical (unpaired) electrons. The summed E-state index contributed by atoms with van der Waals surface area (Å²) in [6.07, 6.45) is 3.19. The molecule has 0 atom stereocenters. The van der Waals surface area contributed by atoms with Crippen LogP contribution in [-0.4, -0.2) is 33.7 Å². The van der Waals surface area contributed by atoms with Crippen molar-refractivity contribution < 1.29 is 16.8 Å². The van der Waals surface area contributed by atoms with Crippen LogP contribution in [0.25, 0.3) is 0 Å². The second-order valence-electron chi connectivity index (χ2n) is 4.50. The zero-order chi connectivity index (χ0) is 16.4. The van der Waals surface area contributed by atoms with Crippen LogP contribution in [0.4, 0.5) is 0 Å². The van der Waals surface area contributed by atoms with Crippen molar-refractivity contribution in [2.24, 2.45) is 7.05 Å². The van der Waals surface area contributed by atoms with Gasteiger partial charge in [0.05, 0.1) is 6.20 Å². The van der Waals surface area contributed by atoms with Crippen molar-refractivity contribution in [1.29, 1.82) is 0 Å². The third-order valence-electron chi connectivity index (χ3n) is 2.92. The molecule has 10 heteroatoms. The van der Waals surface area contributed by atoms with E-state index >= 15 is 0 Å². The highest BCUT2D eigenvalue weighted by molar-refractivity contribution is 7.92. The van der Waals surface area contributed by atoms with Crippen LogP contribution < -0.4 is 9.44 Å². The van der Waals surface area contributed by atoms with Crippen molar-refractivity contribution in [3.05, 3.63) is 42.2 Å². The zero-order valence-electron chi connectivity index (χ0n) is 12.0. The maximum absolute atomic E-state index is 12.4. The summed E-state index contributed by atoms with van der Waals surface area (Å²) in [4.78, 5) is -0.593. The molecule has 0 saturated heterocycles. The van der Waals surface area contributed by atoms with E-state index in [1.807, 2.05) is 0 Å². The van der Waals surface area contributed by atoms with E-state index in [0.717, 1.165) is 0 Å². The van der Waals surface area contributed by atoms with Gasteiger partial charge in [-0.2, -0.15) is 5.10 Å². The summed E-state index contributed by atoms with van der Waals surface area (Å²) in [5.41, 5.74) is 0.667. The Morgan fingerprint density at radius 2 is 1.68 bits per heavy atom. The highest BCUT2D eigenvalue weighted by atomic mass is 32.2. The second kappa shape index (κ2) is 6.16. The Hall–Kier alpha value is -1.75. The lowest BCUT2D eigenvalue weighted by molar-refractivity contribution is 0.570. The minimum absolute atomic E-state index is 0.0180. The number of aromatic nitrogens is 2. The molecule has 0 amide bonds. The first-order valence-electron chi connectivity index (χ1n) is 6.26. The van der Waals surface area contributed by atoms with Gasteiger partial charge in [-0.05, 0) is 19.2 Å². The quantitative estimate of drug-likeness (QED) is 0.754. The zero-order valence-corrected chi connectivity index (χ0v) is 13.6. The van der Waals surface area contributed by atoms with E-state index in [1.54, 1.807) is 17.9 Å². The summed E-state index contributed by atoms with van der Waals surface area (Å²) in [5.74, 6) is 0. The van der Waals surface area contributed by atoms with Crippen molar-refractivity contribution >= 4 is 20.0 Å². The molecule has 0 saturated carbocycles. The van der Waals surface area contributed by atoms with Crippen LogP contribution in [0.1, 0.15) is 5.56 Å². The molecule has 1 heterocycles. The summed E-state index contributed by atoms with van der Waals surface area (Å²) in [6.45, 7) is 0.0180.